The molecule has 0 aromatic heterocycles. The van der Waals surface area contributed by atoms with Gasteiger partial charge in [-0.1, -0.05) is 23.9 Å². The zero-order valence-corrected chi connectivity index (χ0v) is 27.2. The summed E-state index contributed by atoms with van der Waals surface area (Å²) in [6, 6.07) is 6.14. The minimum Gasteiger partial charge on any atom is -0.505 e. The quantitative estimate of drug-likeness (QED) is 0.367. The maximum absolute atomic E-state index is 13.1. The molecular weight excluding hydrogens is 671 g/mol. The van der Waals surface area contributed by atoms with E-state index < -0.39 is 106 Å². The zero-order chi connectivity index (χ0) is 32.3. The van der Waals surface area contributed by atoms with E-state index in [0.717, 1.165) is 18.0 Å². The van der Waals surface area contributed by atoms with Gasteiger partial charge in [0.05, 0.1) is 5.25 Å². The van der Waals surface area contributed by atoms with Crippen molar-refractivity contribution in [3.63, 3.8) is 0 Å². The van der Waals surface area contributed by atoms with E-state index in [0.29, 0.717) is 24.3 Å². The number of hydrogen-bond donors (Lipinski definition) is 2. The molecule has 2 amide bonds. The molecule has 1 saturated heterocycles. The first-order chi connectivity index (χ1) is 19.5. The zero-order valence-electron chi connectivity index (χ0n) is 23.1. The fraction of sp³-hybridized carbons (Fsp3) is 0.417. The summed E-state index contributed by atoms with van der Waals surface area (Å²) in [7, 11) is -17.9. The number of benzene rings is 2. The predicted octanol–water partition coefficient (Wildman–Crippen LogP) is 0.642. The molecule has 2 aromatic rings. The van der Waals surface area contributed by atoms with E-state index in [1.807, 2.05) is 0 Å². The van der Waals surface area contributed by atoms with Crippen LogP contribution in [-0.4, -0.2) is 91.7 Å². The molecule has 2 unspecified atom stereocenters. The fourth-order valence-corrected chi connectivity index (χ4v) is 10.5. The number of fused-ring (bicyclic) bond motifs is 1. The molecule has 43 heavy (non-hydrogen) atoms. The Morgan fingerprint density at radius 1 is 0.907 bits per heavy atom. The number of phenolic OH excluding ortho intramolecular Hbond substituents is 1. The highest BCUT2D eigenvalue weighted by atomic mass is 32.2. The van der Waals surface area contributed by atoms with Crippen molar-refractivity contribution in [1.29, 1.82) is 0 Å². The Morgan fingerprint density at radius 3 is 1.93 bits per heavy atom. The number of amides is 2. The number of sulfone groups is 4. The van der Waals surface area contributed by atoms with Gasteiger partial charge in [0.15, 0.2) is 45.1 Å². The standard InChI is InChI=1S/C24H27NO13S5/c1-40(29,30)19-15-9-10-24(43(4,35)36,38-18(15)21(42(3,33)34)20(17(19)26)41(2,31)32)12-37-14-7-5-13(6-8-14)11-16-22(27)25-23(28)39-16/h5-8,16,26H,9-12H2,1-4H3,(H,25,27,28). The van der Waals surface area contributed by atoms with Crippen molar-refractivity contribution in [1.82, 2.24) is 5.32 Å². The average Bonchev–Trinajstić information content (AvgIpc) is 3.16. The molecule has 19 heteroatoms. The van der Waals surface area contributed by atoms with Crippen LogP contribution in [0.3, 0.4) is 0 Å². The van der Waals surface area contributed by atoms with Crippen LogP contribution >= 0.6 is 11.8 Å². The summed E-state index contributed by atoms with van der Waals surface area (Å²) < 4.78 is 114. The Hall–Kier alpha value is -2.87. The number of phenols is 1. The third-order valence-corrected chi connectivity index (χ3v) is 13.1. The summed E-state index contributed by atoms with van der Waals surface area (Å²) >= 11 is 0.859. The van der Waals surface area contributed by atoms with E-state index >= 15 is 0 Å². The van der Waals surface area contributed by atoms with Gasteiger partial charge >= 0.3 is 0 Å². The monoisotopic (exact) mass is 697 g/mol. The van der Waals surface area contributed by atoms with Crippen LogP contribution in [0, 0.1) is 0 Å². The van der Waals surface area contributed by atoms with Crippen molar-refractivity contribution in [3.05, 3.63) is 35.4 Å². The van der Waals surface area contributed by atoms with Gasteiger partial charge in [-0.05, 0) is 30.5 Å². The van der Waals surface area contributed by atoms with Crippen molar-refractivity contribution in [2.45, 2.75) is 44.1 Å². The van der Waals surface area contributed by atoms with Crippen LogP contribution in [0.15, 0.2) is 39.0 Å². The maximum Gasteiger partial charge on any atom is 0.286 e. The van der Waals surface area contributed by atoms with Crippen LogP contribution in [0.4, 0.5) is 4.79 Å². The summed E-state index contributed by atoms with van der Waals surface area (Å²) in [5.74, 6) is -2.38. The van der Waals surface area contributed by atoms with Crippen LogP contribution < -0.4 is 14.8 Å². The van der Waals surface area contributed by atoms with Crippen LogP contribution in [0.5, 0.6) is 17.2 Å². The van der Waals surface area contributed by atoms with Gasteiger partial charge < -0.3 is 14.6 Å². The molecular formula is C24H27NO13S5. The molecule has 2 aromatic carbocycles. The molecule has 0 saturated carbocycles. The SMILES string of the molecule is CS(=O)(=O)c1c(O)c(S(C)(=O)=O)c(S(C)(=O)=O)c2c1CCC(COc1ccc(CC3SC(=O)NC3=O)cc1)(S(C)(=O)=O)O2. The number of thioether (sulfide) groups is 1. The Morgan fingerprint density at radius 2 is 1.47 bits per heavy atom. The van der Waals surface area contributed by atoms with E-state index in [1.54, 1.807) is 12.1 Å². The van der Waals surface area contributed by atoms with Gasteiger partial charge in [0.2, 0.25) is 10.8 Å². The largest absolute Gasteiger partial charge is 0.505 e. The lowest BCUT2D eigenvalue weighted by atomic mass is 10.0. The normalized spacial score (nSPS) is 21.2. The smallest absolute Gasteiger partial charge is 0.286 e. The number of imide groups is 1. The average molecular weight is 698 g/mol. The highest BCUT2D eigenvalue weighted by molar-refractivity contribution is 8.15. The first-order valence-electron chi connectivity index (χ1n) is 12.2. The number of hydrogen-bond acceptors (Lipinski definition) is 14. The van der Waals surface area contributed by atoms with Gasteiger partial charge in [-0.25, -0.2) is 33.7 Å². The van der Waals surface area contributed by atoms with E-state index in [-0.39, 0.29) is 17.7 Å². The first-order valence-corrected chi connectivity index (χ1v) is 20.6. The molecule has 2 atom stereocenters. The summed E-state index contributed by atoms with van der Waals surface area (Å²) in [4.78, 5) is 17.8. The summed E-state index contributed by atoms with van der Waals surface area (Å²) in [5, 5.41) is 11.9. The highest BCUT2D eigenvalue weighted by Crippen LogP contribution is 2.50. The van der Waals surface area contributed by atoms with E-state index in [2.05, 4.69) is 5.32 Å². The van der Waals surface area contributed by atoms with Crippen molar-refractivity contribution < 1.29 is 57.8 Å². The van der Waals surface area contributed by atoms with Gasteiger partial charge in [-0.15, -0.1) is 0 Å². The van der Waals surface area contributed by atoms with Gasteiger partial charge in [-0.3, -0.25) is 14.9 Å². The van der Waals surface area contributed by atoms with Gasteiger partial charge in [0.1, 0.15) is 32.8 Å². The van der Waals surface area contributed by atoms with Crippen LogP contribution in [0.1, 0.15) is 17.5 Å². The van der Waals surface area contributed by atoms with Crippen molar-refractivity contribution in [3.8, 4) is 17.2 Å². The highest BCUT2D eigenvalue weighted by Gasteiger charge is 2.51. The number of aromatic hydroxyl groups is 1. The van der Waals surface area contributed by atoms with Crippen molar-refractivity contribution in [2.75, 3.05) is 31.6 Å². The van der Waals surface area contributed by atoms with Crippen LogP contribution in [0.2, 0.25) is 0 Å². The second-order valence-electron chi connectivity index (χ2n) is 10.3. The molecule has 0 radical (unpaired) electrons. The molecule has 0 bridgehead atoms. The first kappa shape index (κ1) is 33.0. The number of rotatable bonds is 9. The van der Waals surface area contributed by atoms with Crippen LogP contribution in [0.25, 0.3) is 0 Å². The van der Waals surface area contributed by atoms with E-state index in [4.69, 9.17) is 9.47 Å². The second-order valence-corrected chi connectivity index (χ2v) is 19.6. The summed E-state index contributed by atoms with van der Waals surface area (Å²) in [5.41, 5.74) is 0.290. The maximum atomic E-state index is 13.1. The Kier molecular flexibility index (Phi) is 8.40. The molecule has 1 fully saturated rings. The third-order valence-electron chi connectivity index (χ3n) is 6.79. The van der Waals surface area contributed by atoms with Crippen molar-refractivity contribution >= 4 is 62.3 Å². The Bertz CT molecular complexity index is 1970. The molecule has 2 aliphatic rings. The lowest BCUT2D eigenvalue weighted by Crippen LogP contribution is -2.51. The Labute approximate surface area is 252 Å². The van der Waals surface area contributed by atoms with Crippen LogP contribution in [-0.2, 0) is 57.0 Å². The third kappa shape index (κ3) is 6.50. The Balaban J connectivity index is 1.77. The summed E-state index contributed by atoms with van der Waals surface area (Å²) in [6.07, 6.45) is 2.00. The minimum absolute atomic E-state index is 0.156. The lowest BCUT2D eigenvalue weighted by molar-refractivity contribution is -0.118. The lowest BCUT2D eigenvalue weighted by Gasteiger charge is -2.38. The molecule has 0 spiro atoms. The molecule has 2 aliphatic heterocycles. The molecule has 236 valence electrons. The van der Waals surface area contributed by atoms with Crippen molar-refractivity contribution in [2.24, 2.45) is 0 Å². The predicted molar refractivity (Wildman–Crippen MR) is 155 cm³/mol. The number of nitrogens with one attached hydrogen (secondary N) is 1. The van der Waals surface area contributed by atoms with E-state index in [1.165, 1.54) is 12.1 Å². The number of carbonyl (C=O) groups is 2. The van der Waals surface area contributed by atoms with Gasteiger partial charge in [-0.2, -0.15) is 0 Å². The second kappa shape index (κ2) is 10.9. The molecule has 4 rings (SSSR count). The molecule has 0 aliphatic carbocycles. The van der Waals surface area contributed by atoms with Gasteiger partial charge in [0, 0.05) is 37.0 Å². The molecule has 2 N–H and O–H groups in total. The topological polar surface area (TPSA) is 221 Å². The number of carbonyl (C=O) groups excluding carboxylic acids is 2. The molecule has 14 nitrogen and oxygen atoms in total. The minimum atomic E-state index is -4.61. The number of ether oxygens (including phenoxy) is 2. The van der Waals surface area contributed by atoms with E-state index in [9.17, 15) is 48.4 Å². The molecule has 2 heterocycles. The fourth-order valence-electron chi connectivity index (χ4n) is 4.79. The van der Waals surface area contributed by atoms with Gasteiger partial charge in [0.25, 0.3) is 5.24 Å². The summed E-state index contributed by atoms with van der Waals surface area (Å²) in [6.45, 7) is -0.716.